The van der Waals surface area contributed by atoms with Gasteiger partial charge in [0.2, 0.25) is 5.82 Å². The molecule has 88 valence electrons. The third-order valence-corrected chi connectivity index (χ3v) is 3.19. The molecule has 0 amide bonds. The molecule has 0 unspecified atom stereocenters. The lowest BCUT2D eigenvalue weighted by Crippen LogP contribution is -2.34. The third-order valence-electron chi connectivity index (χ3n) is 2.58. The smallest absolute Gasteiger partial charge is 0.201 e. The van der Waals surface area contributed by atoms with Crippen LogP contribution in [0.15, 0.2) is 16.6 Å². The molecule has 0 radical (unpaired) electrons. The van der Waals surface area contributed by atoms with Gasteiger partial charge in [-0.25, -0.2) is 4.39 Å². The predicted octanol–water partition coefficient (Wildman–Crippen LogP) is 2.86. The number of nitrogens with one attached hydrogen (secondary N) is 1. The van der Waals surface area contributed by atoms with Crippen molar-refractivity contribution in [1.82, 2.24) is 5.32 Å². The van der Waals surface area contributed by atoms with Crippen molar-refractivity contribution in [2.75, 3.05) is 13.1 Å². The maximum absolute atomic E-state index is 13.5. The molecule has 0 aromatic heterocycles. The number of rotatable bonds is 2. The Morgan fingerprint density at radius 1 is 1.19 bits per heavy atom. The lowest BCUT2D eigenvalue weighted by atomic mass is 10.1. The van der Waals surface area contributed by atoms with Crippen LogP contribution < -0.4 is 10.1 Å². The van der Waals surface area contributed by atoms with Crippen LogP contribution in [0, 0.1) is 11.6 Å². The van der Waals surface area contributed by atoms with Crippen molar-refractivity contribution in [3.05, 3.63) is 28.2 Å². The molecule has 1 saturated heterocycles. The molecule has 5 heteroatoms. The first-order valence-corrected chi connectivity index (χ1v) is 5.98. The van der Waals surface area contributed by atoms with Gasteiger partial charge in [-0.05, 0) is 54.0 Å². The zero-order valence-corrected chi connectivity index (χ0v) is 10.2. The van der Waals surface area contributed by atoms with E-state index in [1.165, 1.54) is 12.1 Å². The Labute approximate surface area is 101 Å². The van der Waals surface area contributed by atoms with Crippen molar-refractivity contribution in [2.24, 2.45) is 0 Å². The van der Waals surface area contributed by atoms with E-state index < -0.39 is 11.6 Å². The summed E-state index contributed by atoms with van der Waals surface area (Å²) in [4.78, 5) is 0. The van der Waals surface area contributed by atoms with Gasteiger partial charge in [0.25, 0.3) is 0 Å². The number of benzene rings is 1. The molecule has 1 N–H and O–H groups in total. The van der Waals surface area contributed by atoms with Gasteiger partial charge in [0.15, 0.2) is 11.6 Å². The van der Waals surface area contributed by atoms with Crippen molar-refractivity contribution in [2.45, 2.75) is 18.9 Å². The lowest BCUT2D eigenvalue weighted by Gasteiger charge is -2.24. The molecule has 16 heavy (non-hydrogen) atoms. The fourth-order valence-electron chi connectivity index (χ4n) is 1.69. The summed E-state index contributed by atoms with van der Waals surface area (Å²) < 4.78 is 32.3. The van der Waals surface area contributed by atoms with Gasteiger partial charge in [-0.2, -0.15) is 4.39 Å². The number of hydrogen-bond donors (Lipinski definition) is 1. The van der Waals surface area contributed by atoms with Gasteiger partial charge in [-0.15, -0.1) is 0 Å². The second-order valence-electron chi connectivity index (χ2n) is 3.74. The van der Waals surface area contributed by atoms with Crippen LogP contribution in [0.4, 0.5) is 8.78 Å². The van der Waals surface area contributed by atoms with Gasteiger partial charge in [0, 0.05) is 0 Å². The molecule has 2 rings (SSSR count). The van der Waals surface area contributed by atoms with E-state index in [0.717, 1.165) is 25.9 Å². The molecule has 1 heterocycles. The van der Waals surface area contributed by atoms with Gasteiger partial charge in [0.1, 0.15) is 6.10 Å². The van der Waals surface area contributed by atoms with Crippen LogP contribution in [-0.4, -0.2) is 19.2 Å². The zero-order valence-electron chi connectivity index (χ0n) is 8.60. The van der Waals surface area contributed by atoms with E-state index in [4.69, 9.17) is 4.74 Å². The summed E-state index contributed by atoms with van der Waals surface area (Å²) in [6.07, 6.45) is 1.60. The van der Waals surface area contributed by atoms with Crippen LogP contribution >= 0.6 is 15.9 Å². The lowest BCUT2D eigenvalue weighted by molar-refractivity contribution is 0.154. The summed E-state index contributed by atoms with van der Waals surface area (Å²) in [7, 11) is 0. The van der Waals surface area contributed by atoms with Gasteiger partial charge in [-0.3, -0.25) is 0 Å². The topological polar surface area (TPSA) is 21.3 Å². The molecule has 0 spiro atoms. The highest BCUT2D eigenvalue weighted by Crippen LogP contribution is 2.27. The van der Waals surface area contributed by atoms with Crippen LogP contribution in [0.2, 0.25) is 0 Å². The first kappa shape index (κ1) is 11.8. The minimum absolute atomic E-state index is 0.00685. The largest absolute Gasteiger partial charge is 0.487 e. The molecular formula is C11H12BrF2NO. The molecule has 0 aliphatic carbocycles. The van der Waals surface area contributed by atoms with E-state index in [9.17, 15) is 8.78 Å². The fraction of sp³-hybridized carbons (Fsp3) is 0.455. The molecule has 1 aromatic rings. The second kappa shape index (κ2) is 5.10. The number of piperidine rings is 1. The van der Waals surface area contributed by atoms with E-state index in [1.54, 1.807) is 0 Å². The Kier molecular flexibility index (Phi) is 3.76. The summed E-state index contributed by atoms with van der Waals surface area (Å²) >= 11 is 2.92. The predicted molar refractivity (Wildman–Crippen MR) is 60.6 cm³/mol. The average molecular weight is 292 g/mol. The molecule has 1 fully saturated rings. The monoisotopic (exact) mass is 291 g/mol. The summed E-state index contributed by atoms with van der Waals surface area (Å²) in [5.41, 5.74) is 0. The highest BCUT2D eigenvalue weighted by atomic mass is 79.9. The highest BCUT2D eigenvalue weighted by Gasteiger charge is 2.19. The molecule has 0 atom stereocenters. The van der Waals surface area contributed by atoms with Crippen molar-refractivity contribution < 1.29 is 13.5 Å². The number of ether oxygens (including phenoxy) is 1. The third kappa shape index (κ3) is 2.52. The number of halogens is 3. The SMILES string of the molecule is Fc1c(Br)ccc(OC2CCNCC2)c1F. The van der Waals surface area contributed by atoms with E-state index in [-0.39, 0.29) is 16.3 Å². The Balaban J connectivity index is 2.11. The Hall–Kier alpha value is -0.680. The zero-order chi connectivity index (χ0) is 11.5. The first-order valence-electron chi connectivity index (χ1n) is 5.19. The maximum Gasteiger partial charge on any atom is 0.201 e. The Bertz CT molecular complexity index is 380. The minimum Gasteiger partial charge on any atom is -0.487 e. The Morgan fingerprint density at radius 3 is 2.56 bits per heavy atom. The summed E-state index contributed by atoms with van der Waals surface area (Å²) in [6, 6.07) is 2.90. The van der Waals surface area contributed by atoms with Gasteiger partial charge < -0.3 is 10.1 Å². The van der Waals surface area contributed by atoms with Crippen molar-refractivity contribution in [3.8, 4) is 5.75 Å². The number of hydrogen-bond acceptors (Lipinski definition) is 2. The standard InChI is InChI=1S/C11H12BrF2NO/c12-8-1-2-9(11(14)10(8)13)16-7-3-5-15-6-4-7/h1-2,7,15H,3-6H2. The van der Waals surface area contributed by atoms with Crippen molar-refractivity contribution >= 4 is 15.9 Å². The van der Waals surface area contributed by atoms with Crippen LogP contribution in [-0.2, 0) is 0 Å². The van der Waals surface area contributed by atoms with Crippen molar-refractivity contribution in [1.29, 1.82) is 0 Å². The van der Waals surface area contributed by atoms with Crippen LogP contribution in [0.3, 0.4) is 0 Å². The molecular weight excluding hydrogens is 280 g/mol. The highest BCUT2D eigenvalue weighted by molar-refractivity contribution is 9.10. The van der Waals surface area contributed by atoms with E-state index >= 15 is 0 Å². The van der Waals surface area contributed by atoms with E-state index in [2.05, 4.69) is 21.2 Å². The summed E-state index contributed by atoms with van der Waals surface area (Å²) in [5, 5.41) is 3.18. The fourth-order valence-corrected chi connectivity index (χ4v) is 2.00. The first-order chi connectivity index (χ1) is 7.68. The quantitative estimate of drug-likeness (QED) is 0.846. The van der Waals surface area contributed by atoms with Crippen LogP contribution in [0.5, 0.6) is 5.75 Å². The van der Waals surface area contributed by atoms with Crippen molar-refractivity contribution in [3.63, 3.8) is 0 Å². The molecule has 0 bridgehead atoms. The van der Waals surface area contributed by atoms with Gasteiger partial charge in [0.05, 0.1) is 4.47 Å². The molecule has 0 saturated carbocycles. The van der Waals surface area contributed by atoms with Gasteiger partial charge in [-0.1, -0.05) is 0 Å². The second-order valence-corrected chi connectivity index (χ2v) is 4.60. The van der Waals surface area contributed by atoms with E-state index in [1.807, 2.05) is 0 Å². The molecule has 2 nitrogen and oxygen atoms in total. The normalized spacial score (nSPS) is 17.4. The minimum atomic E-state index is -0.923. The van der Waals surface area contributed by atoms with E-state index in [0.29, 0.717) is 0 Å². The van der Waals surface area contributed by atoms with Crippen LogP contribution in [0.1, 0.15) is 12.8 Å². The molecule has 1 aromatic carbocycles. The summed E-state index contributed by atoms with van der Waals surface area (Å²) in [5.74, 6) is -1.83. The Morgan fingerprint density at radius 2 is 1.88 bits per heavy atom. The molecule has 1 aliphatic heterocycles. The molecule has 1 aliphatic rings. The van der Waals surface area contributed by atoms with Crippen LogP contribution in [0.25, 0.3) is 0 Å². The maximum atomic E-state index is 13.5. The summed E-state index contributed by atoms with van der Waals surface area (Å²) in [6.45, 7) is 1.70. The average Bonchev–Trinajstić information content (AvgIpc) is 2.31. The van der Waals surface area contributed by atoms with Gasteiger partial charge >= 0.3 is 0 Å².